The Balaban J connectivity index is 1.83. The molecule has 0 bridgehead atoms. The van der Waals surface area contributed by atoms with Gasteiger partial charge in [0.2, 0.25) is 0 Å². The molecule has 1 aromatic heterocycles. The maximum atomic E-state index is 11.7. The summed E-state index contributed by atoms with van der Waals surface area (Å²) in [6, 6.07) is 14.1. The number of nitrogen functional groups attached to an aromatic ring is 1. The lowest BCUT2D eigenvalue weighted by atomic mass is 9.92. The van der Waals surface area contributed by atoms with Crippen LogP contribution in [0.25, 0.3) is 22.2 Å². The van der Waals surface area contributed by atoms with E-state index >= 15 is 0 Å². The van der Waals surface area contributed by atoms with Gasteiger partial charge in [0.05, 0.1) is 29.8 Å². The molecule has 1 aliphatic rings. The minimum absolute atomic E-state index is 0.407. The Bertz CT molecular complexity index is 1070. The Morgan fingerprint density at radius 1 is 1.31 bits per heavy atom. The highest BCUT2D eigenvalue weighted by Crippen LogP contribution is 2.45. The van der Waals surface area contributed by atoms with Crippen molar-refractivity contribution in [2.24, 2.45) is 0 Å². The van der Waals surface area contributed by atoms with Crippen LogP contribution in [0.5, 0.6) is 5.75 Å². The summed E-state index contributed by atoms with van der Waals surface area (Å²) in [7, 11) is 0. The summed E-state index contributed by atoms with van der Waals surface area (Å²) in [5, 5.41) is 3.72. The van der Waals surface area contributed by atoms with Gasteiger partial charge in [0.1, 0.15) is 5.75 Å². The van der Waals surface area contributed by atoms with E-state index in [1.54, 1.807) is 0 Å². The number of fused-ring (bicyclic) bond motifs is 1. The molecule has 6 heteroatoms. The molecule has 0 spiro atoms. The van der Waals surface area contributed by atoms with Gasteiger partial charge in [-0.3, -0.25) is 5.32 Å². The molecule has 1 amide bonds. The summed E-state index contributed by atoms with van der Waals surface area (Å²) in [4.78, 5) is 11.7. The lowest BCUT2D eigenvalue weighted by molar-refractivity contribution is 0.201. The van der Waals surface area contributed by atoms with E-state index in [0.29, 0.717) is 18.3 Å². The highest BCUT2D eigenvalue weighted by atomic mass is 16.5. The zero-order valence-electron chi connectivity index (χ0n) is 16.5. The first kappa shape index (κ1) is 18.9. The number of anilines is 2. The fraction of sp³-hybridized carbons (Fsp3) is 0.261. The van der Waals surface area contributed by atoms with Gasteiger partial charge in [-0.2, -0.15) is 0 Å². The molecular formula is C23H25N3O3. The molecule has 1 aliphatic carbocycles. The predicted molar refractivity (Wildman–Crippen MR) is 116 cm³/mol. The van der Waals surface area contributed by atoms with Crippen molar-refractivity contribution >= 4 is 28.4 Å². The zero-order chi connectivity index (χ0) is 20.4. The zero-order valence-corrected chi connectivity index (χ0v) is 16.5. The summed E-state index contributed by atoms with van der Waals surface area (Å²) >= 11 is 0. The fourth-order valence-corrected chi connectivity index (χ4v) is 3.86. The second kappa shape index (κ2) is 7.91. The number of benzene rings is 2. The average Bonchev–Trinajstić information content (AvgIpc) is 2.93. The summed E-state index contributed by atoms with van der Waals surface area (Å²) in [5.41, 5.74) is 11.0. The molecule has 2 aromatic carbocycles. The molecule has 3 aromatic rings. The number of rotatable bonds is 6. The van der Waals surface area contributed by atoms with Crippen LogP contribution in [0.1, 0.15) is 32.2 Å². The van der Waals surface area contributed by atoms with Crippen molar-refractivity contribution in [2.75, 3.05) is 17.7 Å². The summed E-state index contributed by atoms with van der Waals surface area (Å²) in [6.07, 6.45) is 3.98. The van der Waals surface area contributed by atoms with Crippen LogP contribution in [-0.4, -0.2) is 17.3 Å². The van der Waals surface area contributed by atoms with Gasteiger partial charge in [-0.25, -0.2) is 4.79 Å². The van der Waals surface area contributed by atoms with Crippen LogP contribution in [0.4, 0.5) is 16.2 Å². The highest BCUT2D eigenvalue weighted by Gasteiger charge is 2.27. The van der Waals surface area contributed by atoms with Crippen LogP contribution in [0.15, 0.2) is 55.3 Å². The molecule has 1 saturated carbocycles. The van der Waals surface area contributed by atoms with Gasteiger partial charge < -0.3 is 19.8 Å². The van der Waals surface area contributed by atoms with Crippen LogP contribution in [0.3, 0.4) is 0 Å². The van der Waals surface area contributed by atoms with Gasteiger partial charge in [-0.05, 0) is 50.5 Å². The van der Waals surface area contributed by atoms with Crippen molar-refractivity contribution < 1.29 is 14.3 Å². The molecule has 0 unspecified atom stereocenters. The largest absolute Gasteiger partial charge is 0.494 e. The lowest BCUT2D eigenvalue weighted by Gasteiger charge is -2.30. The summed E-state index contributed by atoms with van der Waals surface area (Å²) < 4.78 is 12.8. The number of hydrogen-bond acceptors (Lipinski definition) is 4. The summed E-state index contributed by atoms with van der Waals surface area (Å²) in [6.45, 7) is 5.99. The number of hydrogen-bond donors (Lipinski definition) is 2. The number of nitrogens with two attached hydrogens (primary N) is 1. The smallest absolute Gasteiger partial charge is 0.416 e. The van der Waals surface area contributed by atoms with Gasteiger partial charge >= 0.3 is 6.09 Å². The van der Waals surface area contributed by atoms with E-state index in [1.165, 1.54) is 6.42 Å². The first-order valence-corrected chi connectivity index (χ1v) is 9.87. The number of carbonyl (C=O) groups excluding carboxylic acids is 1. The van der Waals surface area contributed by atoms with E-state index in [4.69, 9.17) is 15.2 Å². The Hall–Kier alpha value is -3.41. The molecule has 0 radical (unpaired) electrons. The molecule has 150 valence electrons. The Morgan fingerprint density at radius 3 is 2.83 bits per heavy atom. The predicted octanol–water partition coefficient (Wildman–Crippen LogP) is 5.71. The number of nitrogens with one attached hydrogen (secondary N) is 1. The normalized spacial score (nSPS) is 13.7. The molecular weight excluding hydrogens is 366 g/mol. The molecule has 0 atom stereocenters. The topological polar surface area (TPSA) is 78.5 Å². The number of aromatic nitrogens is 1. The molecule has 1 heterocycles. The molecule has 0 saturated heterocycles. The Kier molecular flexibility index (Phi) is 5.16. The average molecular weight is 391 g/mol. The molecule has 1 fully saturated rings. The van der Waals surface area contributed by atoms with Gasteiger partial charge in [0.15, 0.2) is 0 Å². The van der Waals surface area contributed by atoms with Crippen molar-refractivity contribution in [1.29, 1.82) is 0 Å². The first-order chi connectivity index (χ1) is 14.1. The van der Waals surface area contributed by atoms with Crippen molar-refractivity contribution in [3.63, 3.8) is 0 Å². The lowest BCUT2D eigenvalue weighted by Crippen LogP contribution is -2.18. The third-order valence-electron chi connectivity index (χ3n) is 5.34. The van der Waals surface area contributed by atoms with Crippen molar-refractivity contribution in [3.05, 3.63) is 55.3 Å². The highest BCUT2D eigenvalue weighted by molar-refractivity contribution is 6.02. The quantitative estimate of drug-likeness (QED) is 0.528. The van der Waals surface area contributed by atoms with Gasteiger partial charge in [-0.1, -0.05) is 18.7 Å². The van der Waals surface area contributed by atoms with E-state index in [-0.39, 0.29) is 0 Å². The monoisotopic (exact) mass is 391 g/mol. The second-order valence-corrected chi connectivity index (χ2v) is 7.11. The minimum atomic E-state index is -0.578. The third-order valence-corrected chi connectivity index (χ3v) is 5.34. The standard InChI is InChI=1S/C23H25N3O3/c1-3-28-18-11-12-19-20(14-18)26(17-9-6-10-17)22(21(19)24)15-7-5-8-16(13-15)25-23(27)29-4-2/h4-5,7-8,11-14,17H,2-3,6,9-10,24H2,1H3,(H,25,27). The SMILES string of the molecule is C=COC(=O)Nc1cccc(-c2c(N)c3ccc(OCC)cc3n2C2CCC2)c1. The van der Waals surface area contributed by atoms with Crippen LogP contribution < -0.4 is 15.8 Å². The molecule has 3 N–H and O–H groups in total. The van der Waals surface area contributed by atoms with E-state index in [0.717, 1.165) is 52.7 Å². The van der Waals surface area contributed by atoms with Gasteiger partial charge in [0.25, 0.3) is 0 Å². The molecule has 0 aliphatic heterocycles. The van der Waals surface area contributed by atoms with Crippen LogP contribution in [0.2, 0.25) is 0 Å². The summed E-state index contributed by atoms with van der Waals surface area (Å²) in [5.74, 6) is 0.840. The molecule has 6 nitrogen and oxygen atoms in total. The van der Waals surface area contributed by atoms with Crippen LogP contribution >= 0.6 is 0 Å². The number of nitrogens with zero attached hydrogens (tertiary/aromatic N) is 1. The maximum Gasteiger partial charge on any atom is 0.416 e. The number of ether oxygens (including phenoxy) is 2. The van der Waals surface area contributed by atoms with Crippen molar-refractivity contribution in [1.82, 2.24) is 4.57 Å². The van der Waals surface area contributed by atoms with Crippen LogP contribution in [0, 0.1) is 0 Å². The van der Waals surface area contributed by atoms with Gasteiger partial charge in [-0.15, -0.1) is 0 Å². The molecule has 29 heavy (non-hydrogen) atoms. The second-order valence-electron chi connectivity index (χ2n) is 7.11. The minimum Gasteiger partial charge on any atom is -0.494 e. The van der Waals surface area contributed by atoms with Crippen LogP contribution in [-0.2, 0) is 4.74 Å². The number of carbonyl (C=O) groups is 1. The van der Waals surface area contributed by atoms with Gasteiger partial charge in [0, 0.05) is 28.7 Å². The van der Waals surface area contributed by atoms with E-state index in [1.807, 2.05) is 43.3 Å². The number of amides is 1. The fourth-order valence-electron chi connectivity index (χ4n) is 3.86. The first-order valence-electron chi connectivity index (χ1n) is 9.87. The molecule has 4 rings (SSSR count). The maximum absolute atomic E-state index is 11.7. The Labute approximate surface area is 169 Å². The van der Waals surface area contributed by atoms with Crippen molar-refractivity contribution in [2.45, 2.75) is 32.2 Å². The van der Waals surface area contributed by atoms with Crippen molar-refractivity contribution in [3.8, 4) is 17.0 Å². The Morgan fingerprint density at radius 2 is 2.14 bits per heavy atom. The van der Waals surface area contributed by atoms with E-state index in [9.17, 15) is 4.79 Å². The third kappa shape index (κ3) is 3.53. The van der Waals surface area contributed by atoms with E-state index < -0.39 is 6.09 Å². The van der Waals surface area contributed by atoms with E-state index in [2.05, 4.69) is 22.5 Å².